The molecule has 0 aliphatic rings. The molecule has 1 amide bonds. The van der Waals surface area contributed by atoms with Gasteiger partial charge in [-0.3, -0.25) is 9.20 Å². The summed E-state index contributed by atoms with van der Waals surface area (Å²) in [5.41, 5.74) is 0.957. The first-order valence-electron chi connectivity index (χ1n) is 5.46. The van der Waals surface area contributed by atoms with E-state index in [-0.39, 0.29) is 18.6 Å². The molecule has 0 aromatic carbocycles. The minimum Gasteiger partial charge on any atom is -0.394 e. The number of rotatable bonds is 3. The van der Waals surface area contributed by atoms with Crippen LogP contribution in [-0.4, -0.2) is 33.0 Å². The quantitative estimate of drug-likeness (QED) is 0.768. The van der Waals surface area contributed by atoms with Gasteiger partial charge >= 0.3 is 0 Å². The normalized spacial score (nSPS) is 13.2. The third-order valence-electron chi connectivity index (χ3n) is 2.61. The van der Waals surface area contributed by atoms with E-state index in [1.54, 1.807) is 18.3 Å². The summed E-state index contributed by atoms with van der Waals surface area (Å²) >= 11 is 2.94. The Labute approximate surface area is 111 Å². The average molecular weight is 281 g/mol. The van der Waals surface area contributed by atoms with Crippen LogP contribution >= 0.6 is 22.7 Å². The van der Waals surface area contributed by atoms with E-state index in [0.29, 0.717) is 4.88 Å². The van der Waals surface area contributed by atoms with Crippen LogP contribution in [0.5, 0.6) is 0 Å². The number of aliphatic hydroxyl groups excluding tert-OH is 1. The van der Waals surface area contributed by atoms with Gasteiger partial charge in [-0.1, -0.05) is 0 Å². The molecule has 0 spiro atoms. The monoisotopic (exact) mass is 281 g/mol. The molecule has 0 radical (unpaired) electrons. The number of fused-ring (bicyclic) bond motifs is 3. The fourth-order valence-corrected chi connectivity index (χ4v) is 3.40. The van der Waals surface area contributed by atoms with Gasteiger partial charge in [0.15, 0.2) is 4.96 Å². The molecule has 94 valence electrons. The van der Waals surface area contributed by atoms with Crippen molar-refractivity contribution in [1.82, 2.24) is 14.7 Å². The number of amides is 1. The Morgan fingerprint density at radius 2 is 2.50 bits per heavy atom. The van der Waals surface area contributed by atoms with Crippen molar-refractivity contribution in [2.45, 2.75) is 13.0 Å². The number of aliphatic hydroxyl groups is 1. The summed E-state index contributed by atoms with van der Waals surface area (Å²) in [6, 6.07) is 1.60. The lowest BCUT2D eigenvalue weighted by atomic mass is 10.3. The Morgan fingerprint density at radius 3 is 3.28 bits per heavy atom. The van der Waals surface area contributed by atoms with Crippen molar-refractivity contribution in [1.29, 1.82) is 0 Å². The molecule has 0 unspecified atom stereocenters. The number of carbonyl (C=O) groups is 1. The molecule has 3 heterocycles. The van der Waals surface area contributed by atoms with Crippen molar-refractivity contribution in [3.8, 4) is 0 Å². The van der Waals surface area contributed by atoms with E-state index in [9.17, 15) is 4.79 Å². The van der Waals surface area contributed by atoms with E-state index in [1.165, 1.54) is 11.3 Å². The number of hydrogen-bond acceptors (Lipinski definition) is 5. The molecular weight excluding hydrogens is 270 g/mol. The van der Waals surface area contributed by atoms with Gasteiger partial charge in [0.25, 0.3) is 5.91 Å². The van der Waals surface area contributed by atoms with Gasteiger partial charge in [0.05, 0.1) is 17.0 Å². The largest absolute Gasteiger partial charge is 0.394 e. The minimum absolute atomic E-state index is 0.0648. The minimum atomic E-state index is -0.240. The van der Waals surface area contributed by atoms with Crippen LogP contribution in [0.2, 0.25) is 0 Å². The number of thiazole rings is 1. The van der Waals surface area contributed by atoms with Crippen LogP contribution in [0.1, 0.15) is 16.6 Å². The van der Waals surface area contributed by atoms with Gasteiger partial charge in [-0.25, -0.2) is 4.98 Å². The number of nitrogens with one attached hydrogen (secondary N) is 1. The van der Waals surface area contributed by atoms with E-state index >= 15 is 0 Å². The van der Waals surface area contributed by atoms with Crippen LogP contribution in [0.15, 0.2) is 17.6 Å². The molecule has 0 aliphatic carbocycles. The molecule has 5 nitrogen and oxygen atoms in total. The zero-order chi connectivity index (χ0) is 12.7. The third-order valence-corrected chi connectivity index (χ3v) is 4.39. The molecule has 18 heavy (non-hydrogen) atoms. The van der Waals surface area contributed by atoms with Crippen molar-refractivity contribution in [2.75, 3.05) is 6.61 Å². The van der Waals surface area contributed by atoms with Gasteiger partial charge in [-0.2, -0.15) is 0 Å². The fraction of sp³-hybridized carbons (Fsp3) is 0.273. The summed E-state index contributed by atoms with van der Waals surface area (Å²) in [5.74, 6) is -0.163. The highest BCUT2D eigenvalue weighted by Gasteiger charge is 2.16. The second kappa shape index (κ2) is 4.34. The first-order chi connectivity index (χ1) is 8.69. The van der Waals surface area contributed by atoms with E-state index in [0.717, 1.165) is 15.3 Å². The van der Waals surface area contributed by atoms with Gasteiger partial charge in [-0.15, -0.1) is 22.7 Å². The summed E-state index contributed by atoms with van der Waals surface area (Å²) in [7, 11) is 0. The molecule has 3 aromatic heterocycles. The Bertz CT molecular complexity index is 712. The maximum atomic E-state index is 11.9. The van der Waals surface area contributed by atoms with Gasteiger partial charge in [0, 0.05) is 17.6 Å². The summed E-state index contributed by atoms with van der Waals surface area (Å²) in [5, 5.41) is 13.6. The van der Waals surface area contributed by atoms with E-state index in [1.807, 2.05) is 22.0 Å². The zero-order valence-corrected chi connectivity index (χ0v) is 11.2. The van der Waals surface area contributed by atoms with Gasteiger partial charge in [-0.05, 0) is 13.0 Å². The van der Waals surface area contributed by atoms with Crippen molar-refractivity contribution in [3.63, 3.8) is 0 Å². The molecular formula is C11H11N3O2S2. The van der Waals surface area contributed by atoms with Gasteiger partial charge in [0.2, 0.25) is 0 Å². The van der Waals surface area contributed by atoms with Gasteiger partial charge in [0.1, 0.15) is 4.83 Å². The average Bonchev–Trinajstić information content (AvgIpc) is 2.98. The highest BCUT2D eigenvalue weighted by Crippen LogP contribution is 2.28. The molecule has 0 bridgehead atoms. The standard InChI is InChI=1S/C11H11N3O2S2/c1-6(5-15)12-9(16)8-4-7-10(18-8)13-11-14(7)2-3-17-11/h2-4,6,15H,5H2,1H3,(H,12,16)/t6-/m1/s1. The second-order valence-electron chi connectivity index (χ2n) is 4.03. The maximum Gasteiger partial charge on any atom is 0.261 e. The lowest BCUT2D eigenvalue weighted by molar-refractivity contribution is 0.0926. The zero-order valence-electron chi connectivity index (χ0n) is 9.58. The van der Waals surface area contributed by atoms with E-state index in [2.05, 4.69) is 10.3 Å². The van der Waals surface area contributed by atoms with Crippen molar-refractivity contribution in [3.05, 3.63) is 22.5 Å². The van der Waals surface area contributed by atoms with Crippen LogP contribution in [0, 0.1) is 0 Å². The number of imidazole rings is 1. The smallest absolute Gasteiger partial charge is 0.261 e. The summed E-state index contributed by atoms with van der Waals surface area (Å²) < 4.78 is 1.97. The second-order valence-corrected chi connectivity index (χ2v) is 5.93. The van der Waals surface area contributed by atoms with E-state index in [4.69, 9.17) is 5.11 Å². The predicted octanol–water partition coefficient (Wildman–Crippen LogP) is 1.72. The summed E-state index contributed by atoms with van der Waals surface area (Å²) in [6.07, 6.45) is 1.94. The number of nitrogens with zero attached hydrogens (tertiary/aromatic N) is 2. The number of carbonyl (C=O) groups excluding carboxylic acids is 1. The van der Waals surface area contributed by atoms with Crippen LogP contribution in [0.25, 0.3) is 15.3 Å². The third kappa shape index (κ3) is 1.80. The number of hydrogen-bond donors (Lipinski definition) is 2. The van der Waals surface area contributed by atoms with Crippen molar-refractivity contribution >= 4 is 43.9 Å². The van der Waals surface area contributed by atoms with Crippen molar-refractivity contribution < 1.29 is 9.90 Å². The molecule has 7 heteroatoms. The van der Waals surface area contributed by atoms with Crippen LogP contribution < -0.4 is 5.32 Å². The lowest BCUT2D eigenvalue weighted by Gasteiger charge is -2.08. The first kappa shape index (κ1) is 11.6. The Kier molecular flexibility index (Phi) is 2.81. The number of aromatic nitrogens is 2. The van der Waals surface area contributed by atoms with Crippen LogP contribution in [-0.2, 0) is 0 Å². The summed E-state index contributed by atoms with van der Waals surface area (Å²) in [4.78, 5) is 18.8. The maximum absolute atomic E-state index is 11.9. The Morgan fingerprint density at radius 1 is 1.67 bits per heavy atom. The van der Waals surface area contributed by atoms with Crippen LogP contribution in [0.3, 0.4) is 0 Å². The Balaban J connectivity index is 1.97. The van der Waals surface area contributed by atoms with Gasteiger partial charge < -0.3 is 10.4 Å². The molecule has 0 saturated carbocycles. The highest BCUT2D eigenvalue weighted by atomic mass is 32.1. The molecule has 1 atom stereocenters. The molecule has 3 rings (SSSR count). The Hall–Kier alpha value is -1.44. The molecule has 0 fully saturated rings. The molecule has 0 aliphatic heterocycles. The topological polar surface area (TPSA) is 66.6 Å². The SMILES string of the molecule is C[C@H](CO)NC(=O)c1cc2c(nc3sccn32)s1. The molecule has 2 N–H and O–H groups in total. The molecule has 3 aromatic rings. The predicted molar refractivity (Wildman–Crippen MR) is 72.5 cm³/mol. The lowest BCUT2D eigenvalue weighted by Crippen LogP contribution is -2.34. The first-order valence-corrected chi connectivity index (χ1v) is 7.15. The summed E-state index contributed by atoms with van der Waals surface area (Å²) in [6.45, 7) is 1.69. The highest BCUT2D eigenvalue weighted by molar-refractivity contribution is 7.21. The fourth-order valence-electron chi connectivity index (χ4n) is 1.70. The molecule has 0 saturated heterocycles. The van der Waals surface area contributed by atoms with Crippen molar-refractivity contribution in [2.24, 2.45) is 0 Å². The van der Waals surface area contributed by atoms with E-state index < -0.39 is 0 Å². The van der Waals surface area contributed by atoms with Crippen LogP contribution in [0.4, 0.5) is 0 Å². The number of thiophene rings is 1.